The number of methoxy groups -OCH3 is 2. The second kappa shape index (κ2) is 7.32. The van der Waals surface area contributed by atoms with Crippen LogP contribution in [-0.4, -0.2) is 48.3 Å². The molecule has 1 atom stereocenters. The normalized spacial score (nSPS) is 13.2. The molecule has 0 radical (unpaired) electrons. The van der Waals surface area contributed by atoms with E-state index in [0.29, 0.717) is 0 Å². The summed E-state index contributed by atoms with van der Waals surface area (Å²) >= 11 is 0. The third-order valence-electron chi connectivity index (χ3n) is 2.39. The standard InChI is InChI=1S/C10H20N4O2/c1-8(10(15-2)16-3)11-6-4-5-9-12-7-13-14-9/h7-8,10-11H,4-6H2,1-3H3,(H,12,13,14). The number of hydrogen-bond acceptors (Lipinski definition) is 5. The molecule has 6 nitrogen and oxygen atoms in total. The van der Waals surface area contributed by atoms with Gasteiger partial charge in [0.25, 0.3) is 0 Å². The third-order valence-corrected chi connectivity index (χ3v) is 2.39. The van der Waals surface area contributed by atoms with E-state index in [9.17, 15) is 0 Å². The van der Waals surface area contributed by atoms with Crippen molar-refractivity contribution in [1.82, 2.24) is 20.5 Å². The van der Waals surface area contributed by atoms with Crippen molar-refractivity contribution in [2.24, 2.45) is 0 Å². The first kappa shape index (κ1) is 13.1. The lowest BCUT2D eigenvalue weighted by atomic mass is 10.2. The van der Waals surface area contributed by atoms with Gasteiger partial charge in [0.1, 0.15) is 12.2 Å². The molecule has 0 amide bonds. The SMILES string of the molecule is COC(OC)C(C)NCCCc1ncn[nH]1. The molecule has 1 aromatic rings. The predicted molar refractivity (Wildman–Crippen MR) is 60.0 cm³/mol. The monoisotopic (exact) mass is 228 g/mol. The van der Waals surface area contributed by atoms with Crippen molar-refractivity contribution in [3.63, 3.8) is 0 Å². The van der Waals surface area contributed by atoms with E-state index < -0.39 is 0 Å². The molecular weight excluding hydrogens is 208 g/mol. The molecule has 0 aliphatic heterocycles. The van der Waals surface area contributed by atoms with Crippen molar-refractivity contribution >= 4 is 0 Å². The molecule has 0 aromatic carbocycles. The molecule has 6 heteroatoms. The second-order valence-electron chi connectivity index (χ2n) is 3.62. The van der Waals surface area contributed by atoms with Crippen molar-refractivity contribution in [3.8, 4) is 0 Å². The minimum Gasteiger partial charge on any atom is -0.354 e. The van der Waals surface area contributed by atoms with Crippen LogP contribution in [0.4, 0.5) is 0 Å². The van der Waals surface area contributed by atoms with Crippen LogP contribution in [0.15, 0.2) is 6.33 Å². The van der Waals surface area contributed by atoms with Gasteiger partial charge < -0.3 is 14.8 Å². The maximum atomic E-state index is 5.15. The van der Waals surface area contributed by atoms with Crippen LogP contribution in [0.25, 0.3) is 0 Å². The van der Waals surface area contributed by atoms with Gasteiger partial charge in [0.05, 0.1) is 6.04 Å². The zero-order valence-corrected chi connectivity index (χ0v) is 10.1. The fourth-order valence-electron chi connectivity index (χ4n) is 1.54. The second-order valence-corrected chi connectivity index (χ2v) is 3.62. The van der Waals surface area contributed by atoms with Crippen LogP contribution < -0.4 is 5.32 Å². The number of aryl methyl sites for hydroxylation is 1. The zero-order chi connectivity index (χ0) is 11.8. The Morgan fingerprint density at radius 2 is 2.19 bits per heavy atom. The van der Waals surface area contributed by atoms with E-state index in [4.69, 9.17) is 9.47 Å². The van der Waals surface area contributed by atoms with Crippen LogP contribution in [-0.2, 0) is 15.9 Å². The first-order chi connectivity index (χ1) is 7.77. The molecule has 1 heterocycles. The summed E-state index contributed by atoms with van der Waals surface area (Å²) < 4.78 is 10.3. The number of H-pyrrole nitrogens is 1. The number of aromatic amines is 1. The van der Waals surface area contributed by atoms with Gasteiger partial charge in [-0.2, -0.15) is 5.10 Å². The van der Waals surface area contributed by atoms with Crippen molar-refractivity contribution in [3.05, 3.63) is 12.2 Å². The van der Waals surface area contributed by atoms with Gasteiger partial charge in [-0.05, 0) is 19.9 Å². The minimum absolute atomic E-state index is 0.171. The molecule has 0 fully saturated rings. The summed E-state index contributed by atoms with van der Waals surface area (Å²) in [7, 11) is 3.28. The first-order valence-electron chi connectivity index (χ1n) is 5.41. The summed E-state index contributed by atoms with van der Waals surface area (Å²) in [6, 6.07) is 0.171. The largest absolute Gasteiger partial charge is 0.354 e. The summed E-state index contributed by atoms with van der Waals surface area (Å²) in [6.07, 6.45) is 3.21. The Kier molecular flexibility index (Phi) is 5.99. The van der Waals surface area contributed by atoms with Gasteiger partial charge in [-0.3, -0.25) is 5.10 Å². The van der Waals surface area contributed by atoms with Crippen LogP contribution >= 0.6 is 0 Å². The molecule has 0 spiro atoms. The van der Waals surface area contributed by atoms with Gasteiger partial charge in [0.2, 0.25) is 0 Å². The van der Waals surface area contributed by atoms with Crippen LogP contribution in [0.3, 0.4) is 0 Å². The molecular formula is C10H20N4O2. The molecule has 1 aromatic heterocycles. The Bertz CT molecular complexity index is 262. The van der Waals surface area contributed by atoms with Crippen LogP contribution in [0.1, 0.15) is 19.2 Å². The molecule has 0 saturated heterocycles. The van der Waals surface area contributed by atoms with Crippen molar-refractivity contribution in [1.29, 1.82) is 0 Å². The summed E-state index contributed by atoms with van der Waals surface area (Å²) in [4.78, 5) is 4.06. The van der Waals surface area contributed by atoms with Crippen molar-refractivity contribution in [2.75, 3.05) is 20.8 Å². The smallest absolute Gasteiger partial charge is 0.171 e. The topological polar surface area (TPSA) is 72.1 Å². The fourth-order valence-corrected chi connectivity index (χ4v) is 1.54. The van der Waals surface area contributed by atoms with Gasteiger partial charge in [0, 0.05) is 20.6 Å². The Morgan fingerprint density at radius 3 is 2.75 bits per heavy atom. The van der Waals surface area contributed by atoms with Gasteiger partial charge in [-0.15, -0.1) is 0 Å². The molecule has 2 N–H and O–H groups in total. The lowest BCUT2D eigenvalue weighted by Gasteiger charge is -2.22. The highest BCUT2D eigenvalue weighted by Crippen LogP contribution is 1.99. The van der Waals surface area contributed by atoms with Gasteiger partial charge >= 0.3 is 0 Å². The average Bonchev–Trinajstić information content (AvgIpc) is 2.79. The maximum Gasteiger partial charge on any atom is 0.171 e. The van der Waals surface area contributed by atoms with Gasteiger partial charge in [0.15, 0.2) is 6.29 Å². The van der Waals surface area contributed by atoms with Crippen LogP contribution in [0.5, 0.6) is 0 Å². The number of aromatic nitrogens is 3. The molecule has 0 aliphatic carbocycles. The van der Waals surface area contributed by atoms with Gasteiger partial charge in [-0.1, -0.05) is 0 Å². The van der Waals surface area contributed by atoms with E-state index in [-0.39, 0.29) is 12.3 Å². The Morgan fingerprint density at radius 1 is 1.44 bits per heavy atom. The Hall–Kier alpha value is -0.980. The zero-order valence-electron chi connectivity index (χ0n) is 10.1. The maximum absolute atomic E-state index is 5.15. The van der Waals surface area contributed by atoms with E-state index in [1.165, 1.54) is 6.33 Å². The highest BCUT2D eigenvalue weighted by Gasteiger charge is 2.14. The lowest BCUT2D eigenvalue weighted by molar-refractivity contribution is -0.119. The van der Waals surface area contributed by atoms with Gasteiger partial charge in [-0.25, -0.2) is 4.98 Å². The first-order valence-corrected chi connectivity index (χ1v) is 5.41. The van der Waals surface area contributed by atoms with E-state index in [0.717, 1.165) is 25.2 Å². The number of nitrogens with one attached hydrogen (secondary N) is 2. The predicted octanol–water partition coefficient (Wildman–Crippen LogP) is 0.334. The van der Waals surface area contributed by atoms with E-state index in [1.807, 2.05) is 6.92 Å². The number of ether oxygens (including phenoxy) is 2. The van der Waals surface area contributed by atoms with Crippen molar-refractivity contribution in [2.45, 2.75) is 32.1 Å². The summed E-state index contributed by atoms with van der Waals surface area (Å²) in [6.45, 7) is 2.93. The molecule has 0 bridgehead atoms. The molecule has 92 valence electrons. The van der Waals surface area contributed by atoms with E-state index in [2.05, 4.69) is 20.5 Å². The number of rotatable bonds is 8. The average molecular weight is 228 g/mol. The van der Waals surface area contributed by atoms with E-state index in [1.54, 1.807) is 14.2 Å². The van der Waals surface area contributed by atoms with E-state index >= 15 is 0 Å². The highest BCUT2D eigenvalue weighted by molar-refractivity contribution is 4.80. The lowest BCUT2D eigenvalue weighted by Crippen LogP contribution is -2.40. The molecule has 0 saturated carbocycles. The number of nitrogens with zero attached hydrogens (tertiary/aromatic N) is 2. The highest BCUT2D eigenvalue weighted by atomic mass is 16.7. The molecule has 1 rings (SSSR count). The minimum atomic E-state index is -0.203. The Balaban J connectivity index is 2.10. The molecule has 16 heavy (non-hydrogen) atoms. The van der Waals surface area contributed by atoms with Crippen molar-refractivity contribution < 1.29 is 9.47 Å². The van der Waals surface area contributed by atoms with Crippen LogP contribution in [0.2, 0.25) is 0 Å². The quantitative estimate of drug-likeness (QED) is 0.495. The number of hydrogen-bond donors (Lipinski definition) is 2. The summed E-state index contributed by atoms with van der Waals surface area (Å²) in [5.74, 6) is 0.921. The summed E-state index contributed by atoms with van der Waals surface area (Å²) in [5, 5.41) is 9.96. The third kappa shape index (κ3) is 4.26. The fraction of sp³-hybridized carbons (Fsp3) is 0.800. The summed E-state index contributed by atoms with van der Waals surface area (Å²) in [5.41, 5.74) is 0. The van der Waals surface area contributed by atoms with Crippen LogP contribution in [0, 0.1) is 0 Å². The Labute approximate surface area is 95.7 Å². The molecule has 1 unspecified atom stereocenters. The molecule has 0 aliphatic rings.